The summed E-state index contributed by atoms with van der Waals surface area (Å²) in [6.07, 6.45) is -0.405. The number of aromatic hydroxyl groups is 1. The maximum Gasteiger partial charge on any atom is 0.326 e. The summed E-state index contributed by atoms with van der Waals surface area (Å²) in [4.78, 5) is 72.3. The number of primary amides is 1. The standard InChI is InChI=1S/C22H29N5O9/c23-17(29)9-16(22(35)36)27-20(33)14(8-11-3-5-12(28)6-4-11)25-21(34)15(10-18(30)31)26-19(32)13-2-1-7-24-13/h3-6,13-16,24,28H,1-2,7-10H2,(H2,23,29)(H,25,34)(H,26,32)(H,27,33)(H,30,31)(H,35,36). The number of carbonyl (C=O) groups is 6. The third-order valence-electron chi connectivity index (χ3n) is 5.42. The van der Waals surface area contributed by atoms with Crippen molar-refractivity contribution in [3.63, 3.8) is 0 Å². The van der Waals surface area contributed by atoms with Gasteiger partial charge in [0.25, 0.3) is 0 Å². The normalized spacial score (nSPS) is 17.3. The van der Waals surface area contributed by atoms with Gasteiger partial charge in [0.15, 0.2) is 0 Å². The third kappa shape index (κ3) is 8.87. The summed E-state index contributed by atoms with van der Waals surface area (Å²) in [7, 11) is 0. The zero-order valence-corrected chi connectivity index (χ0v) is 19.2. The number of carboxylic acids is 2. The number of aliphatic carboxylic acids is 2. The van der Waals surface area contributed by atoms with Gasteiger partial charge in [-0.25, -0.2) is 4.79 Å². The highest BCUT2D eigenvalue weighted by molar-refractivity contribution is 5.96. The van der Waals surface area contributed by atoms with E-state index < -0.39 is 72.6 Å². The van der Waals surface area contributed by atoms with E-state index in [2.05, 4.69) is 21.3 Å². The Labute approximate surface area is 205 Å². The molecule has 1 fully saturated rings. The van der Waals surface area contributed by atoms with Crippen LogP contribution in [0.3, 0.4) is 0 Å². The second-order valence-electron chi connectivity index (χ2n) is 8.31. The van der Waals surface area contributed by atoms with E-state index in [4.69, 9.17) is 5.73 Å². The van der Waals surface area contributed by atoms with E-state index >= 15 is 0 Å². The van der Waals surface area contributed by atoms with Crippen molar-refractivity contribution in [2.75, 3.05) is 6.54 Å². The number of nitrogens with one attached hydrogen (secondary N) is 4. The largest absolute Gasteiger partial charge is 0.508 e. The lowest BCUT2D eigenvalue weighted by atomic mass is 10.0. The van der Waals surface area contributed by atoms with Crippen molar-refractivity contribution >= 4 is 35.6 Å². The van der Waals surface area contributed by atoms with E-state index in [1.807, 2.05) is 0 Å². The van der Waals surface area contributed by atoms with Crippen molar-refractivity contribution in [1.82, 2.24) is 21.3 Å². The van der Waals surface area contributed by atoms with Crippen molar-refractivity contribution in [3.05, 3.63) is 29.8 Å². The number of phenolic OH excluding ortho intramolecular Hbond substituents is 1. The summed E-state index contributed by atoms with van der Waals surface area (Å²) in [5.41, 5.74) is 5.50. The number of hydrogen-bond donors (Lipinski definition) is 8. The first-order valence-electron chi connectivity index (χ1n) is 11.1. The first-order valence-corrected chi connectivity index (χ1v) is 11.1. The fourth-order valence-corrected chi connectivity index (χ4v) is 3.59. The number of carbonyl (C=O) groups excluding carboxylic acids is 4. The summed E-state index contributed by atoms with van der Waals surface area (Å²) in [5, 5.41) is 37.8. The van der Waals surface area contributed by atoms with Crippen LogP contribution in [0.15, 0.2) is 24.3 Å². The predicted molar refractivity (Wildman–Crippen MR) is 122 cm³/mol. The number of benzene rings is 1. The second kappa shape index (κ2) is 13.0. The highest BCUT2D eigenvalue weighted by Crippen LogP contribution is 2.12. The molecule has 0 saturated carbocycles. The fraction of sp³-hybridized carbons (Fsp3) is 0.455. The van der Waals surface area contributed by atoms with Gasteiger partial charge in [-0.1, -0.05) is 12.1 Å². The van der Waals surface area contributed by atoms with Crippen LogP contribution < -0.4 is 27.0 Å². The first kappa shape index (κ1) is 28.0. The van der Waals surface area contributed by atoms with Gasteiger partial charge in [-0.2, -0.15) is 0 Å². The molecule has 1 aliphatic rings. The molecule has 1 aromatic rings. The number of hydrogen-bond acceptors (Lipinski definition) is 8. The number of phenols is 1. The SMILES string of the molecule is NC(=O)CC(NC(=O)C(Cc1ccc(O)cc1)NC(=O)C(CC(=O)O)NC(=O)C1CCCN1)C(=O)O. The Morgan fingerprint density at radius 1 is 0.917 bits per heavy atom. The van der Waals surface area contributed by atoms with Crippen molar-refractivity contribution in [2.45, 2.75) is 56.3 Å². The van der Waals surface area contributed by atoms with Gasteiger partial charge in [0.1, 0.15) is 23.9 Å². The van der Waals surface area contributed by atoms with Crippen LogP contribution >= 0.6 is 0 Å². The quantitative estimate of drug-likeness (QED) is 0.140. The Morgan fingerprint density at radius 3 is 2.06 bits per heavy atom. The Kier molecular flexibility index (Phi) is 10.2. The molecule has 36 heavy (non-hydrogen) atoms. The molecule has 14 nitrogen and oxygen atoms in total. The summed E-state index contributed by atoms with van der Waals surface area (Å²) < 4.78 is 0. The van der Waals surface area contributed by atoms with Crippen molar-refractivity contribution in [2.24, 2.45) is 5.73 Å². The lowest BCUT2D eigenvalue weighted by molar-refractivity contribution is -0.144. The average molecular weight is 508 g/mol. The molecule has 4 unspecified atom stereocenters. The highest BCUT2D eigenvalue weighted by atomic mass is 16.4. The van der Waals surface area contributed by atoms with Gasteiger partial charge in [0.2, 0.25) is 23.6 Å². The molecule has 14 heteroatoms. The molecule has 1 aliphatic heterocycles. The summed E-state index contributed by atoms with van der Waals surface area (Å²) >= 11 is 0. The summed E-state index contributed by atoms with van der Waals surface area (Å²) in [6.45, 7) is 0.596. The molecule has 0 spiro atoms. The van der Waals surface area contributed by atoms with Crippen LogP contribution in [0.5, 0.6) is 5.75 Å². The van der Waals surface area contributed by atoms with Gasteiger partial charge >= 0.3 is 11.9 Å². The molecule has 9 N–H and O–H groups in total. The van der Waals surface area contributed by atoms with E-state index in [0.717, 1.165) is 6.42 Å². The molecule has 2 rings (SSSR count). The molecule has 1 aromatic carbocycles. The number of nitrogens with two attached hydrogens (primary N) is 1. The molecule has 1 saturated heterocycles. The minimum Gasteiger partial charge on any atom is -0.508 e. The maximum absolute atomic E-state index is 13.0. The van der Waals surface area contributed by atoms with Crippen molar-refractivity contribution in [3.8, 4) is 5.75 Å². The van der Waals surface area contributed by atoms with E-state index in [1.165, 1.54) is 24.3 Å². The lowest BCUT2D eigenvalue weighted by Gasteiger charge is -2.24. The zero-order valence-electron chi connectivity index (χ0n) is 19.2. The zero-order chi connectivity index (χ0) is 26.8. The van der Waals surface area contributed by atoms with Crippen LogP contribution in [-0.2, 0) is 35.2 Å². The fourth-order valence-electron chi connectivity index (χ4n) is 3.59. The van der Waals surface area contributed by atoms with Gasteiger partial charge in [0.05, 0.1) is 18.9 Å². The van der Waals surface area contributed by atoms with E-state index in [9.17, 15) is 44.1 Å². The van der Waals surface area contributed by atoms with E-state index in [-0.39, 0.29) is 12.2 Å². The molecule has 0 aliphatic carbocycles. The second-order valence-corrected chi connectivity index (χ2v) is 8.31. The van der Waals surface area contributed by atoms with Gasteiger partial charge in [-0.15, -0.1) is 0 Å². The summed E-state index contributed by atoms with van der Waals surface area (Å²) in [5.74, 6) is -6.47. The van der Waals surface area contributed by atoms with Gasteiger partial charge in [-0.3, -0.25) is 24.0 Å². The van der Waals surface area contributed by atoms with Gasteiger partial charge < -0.3 is 42.3 Å². The van der Waals surface area contributed by atoms with Crippen LogP contribution in [0, 0.1) is 0 Å². The minimum atomic E-state index is -1.67. The van der Waals surface area contributed by atoms with Crippen LogP contribution in [0.4, 0.5) is 0 Å². The Morgan fingerprint density at radius 2 is 1.53 bits per heavy atom. The van der Waals surface area contributed by atoms with Crippen LogP contribution in [0.1, 0.15) is 31.2 Å². The molecule has 4 atom stereocenters. The van der Waals surface area contributed by atoms with Gasteiger partial charge in [0, 0.05) is 6.42 Å². The summed E-state index contributed by atoms with van der Waals surface area (Å²) in [6, 6.07) is 0.392. The Hall–Kier alpha value is -4.20. The van der Waals surface area contributed by atoms with Crippen molar-refractivity contribution < 1.29 is 44.1 Å². The average Bonchev–Trinajstić information content (AvgIpc) is 3.33. The highest BCUT2D eigenvalue weighted by Gasteiger charge is 2.33. The number of carboxylic acid groups (broad SMARTS) is 2. The van der Waals surface area contributed by atoms with E-state index in [1.54, 1.807) is 0 Å². The van der Waals surface area contributed by atoms with Gasteiger partial charge in [-0.05, 0) is 37.1 Å². The topological polar surface area (TPSA) is 237 Å². The molecule has 1 heterocycles. The molecule has 0 aromatic heterocycles. The predicted octanol–water partition coefficient (Wildman–Crippen LogP) is -2.42. The molecular weight excluding hydrogens is 478 g/mol. The Balaban J connectivity index is 2.23. The number of amides is 4. The third-order valence-corrected chi connectivity index (χ3v) is 5.42. The van der Waals surface area contributed by atoms with E-state index in [0.29, 0.717) is 18.5 Å². The molecule has 0 bridgehead atoms. The van der Waals surface area contributed by atoms with Crippen LogP contribution in [0.2, 0.25) is 0 Å². The molecule has 4 amide bonds. The lowest BCUT2D eigenvalue weighted by Crippen LogP contribution is -2.58. The smallest absolute Gasteiger partial charge is 0.326 e. The van der Waals surface area contributed by atoms with Crippen LogP contribution in [-0.4, -0.2) is 81.6 Å². The molecule has 196 valence electrons. The maximum atomic E-state index is 13.0. The monoisotopic (exact) mass is 507 g/mol. The minimum absolute atomic E-state index is 0.0547. The molecule has 0 radical (unpaired) electrons. The number of rotatable bonds is 13. The molecular formula is C22H29N5O9. The first-order chi connectivity index (χ1) is 17.0. The van der Waals surface area contributed by atoms with Crippen molar-refractivity contribution in [1.29, 1.82) is 0 Å². The van der Waals surface area contributed by atoms with Crippen LogP contribution in [0.25, 0.3) is 0 Å². The Bertz CT molecular complexity index is 992.